The quantitative estimate of drug-likeness (QED) is 0.560. The molecule has 0 amide bonds. The van der Waals surface area contributed by atoms with Gasteiger partial charge in [0.25, 0.3) is 0 Å². The minimum Gasteiger partial charge on any atom is -0.480 e. The molecule has 3 aliphatic carbocycles. The standard InChI is InChI=1S/C33H38N2O4/c1-31-10-8-24-15-23-4-5-25(35-19-26(36)16-28(35)30(37)38)17-32(23)11-12-33(24,39-32)29(31)7-6-27(31)21-3-2-20-9-13-34-18-22(20)14-21/h2-3,8-9,13-15,18,25-29,36H,4-7,10-12,16-17,19H2,1H3,(H,37,38)/t25?,26?,27-,28+,29-,31?,32-,33-/m1/s1. The van der Waals surface area contributed by atoms with Crippen molar-refractivity contribution in [2.45, 2.75) is 100 Å². The minimum atomic E-state index is -0.812. The fourth-order valence-electron chi connectivity index (χ4n) is 10.0. The molecular weight excluding hydrogens is 488 g/mol. The largest absolute Gasteiger partial charge is 0.480 e. The first kappa shape index (κ1) is 24.3. The predicted octanol–water partition coefficient (Wildman–Crippen LogP) is 5.37. The summed E-state index contributed by atoms with van der Waals surface area (Å²) in [7, 11) is 0. The van der Waals surface area contributed by atoms with Crippen molar-refractivity contribution in [3.05, 3.63) is 65.5 Å². The van der Waals surface area contributed by atoms with Crippen LogP contribution in [0.15, 0.2) is 60.0 Å². The van der Waals surface area contributed by atoms with Gasteiger partial charge in [-0.3, -0.25) is 14.7 Å². The van der Waals surface area contributed by atoms with Crippen molar-refractivity contribution < 1.29 is 19.7 Å². The van der Waals surface area contributed by atoms with Crippen molar-refractivity contribution in [1.82, 2.24) is 9.88 Å². The van der Waals surface area contributed by atoms with Gasteiger partial charge in [0, 0.05) is 36.8 Å². The number of pyridine rings is 1. The monoisotopic (exact) mass is 526 g/mol. The number of fused-ring (bicyclic) bond motifs is 2. The summed E-state index contributed by atoms with van der Waals surface area (Å²) in [6.45, 7) is 2.96. The van der Waals surface area contributed by atoms with Crippen LogP contribution in [0.2, 0.25) is 0 Å². The van der Waals surface area contributed by atoms with Gasteiger partial charge >= 0.3 is 5.97 Å². The number of allylic oxidation sites excluding steroid dienone is 1. The Balaban J connectivity index is 1.12. The zero-order valence-corrected chi connectivity index (χ0v) is 22.7. The Labute approximate surface area is 229 Å². The number of aliphatic hydroxyl groups excluding tert-OH is 1. The topological polar surface area (TPSA) is 82.9 Å². The molecule has 2 saturated heterocycles. The van der Waals surface area contributed by atoms with E-state index in [4.69, 9.17) is 4.74 Å². The number of aliphatic hydroxyl groups is 1. The normalized spacial score (nSPS) is 43.0. The van der Waals surface area contributed by atoms with Gasteiger partial charge in [-0.15, -0.1) is 0 Å². The zero-order chi connectivity index (χ0) is 26.6. The Kier molecular flexibility index (Phi) is 5.13. The van der Waals surface area contributed by atoms with E-state index >= 15 is 0 Å². The average molecular weight is 527 g/mol. The number of aliphatic carboxylic acids is 1. The molecule has 2 bridgehead atoms. The van der Waals surface area contributed by atoms with Gasteiger partial charge in [-0.25, -0.2) is 0 Å². The molecule has 1 aromatic carbocycles. The van der Waals surface area contributed by atoms with Gasteiger partial charge < -0.3 is 14.9 Å². The second-order valence-corrected chi connectivity index (χ2v) is 13.5. The molecule has 2 spiro atoms. The Bertz CT molecular complexity index is 1430. The third kappa shape index (κ3) is 3.31. The van der Waals surface area contributed by atoms with E-state index in [1.165, 1.54) is 40.3 Å². The number of benzene rings is 1. The number of likely N-dealkylation sites (tertiary alicyclic amines) is 1. The van der Waals surface area contributed by atoms with Crippen molar-refractivity contribution >= 4 is 16.7 Å². The summed E-state index contributed by atoms with van der Waals surface area (Å²) >= 11 is 0. The van der Waals surface area contributed by atoms with E-state index in [2.05, 4.69) is 53.2 Å². The van der Waals surface area contributed by atoms with Gasteiger partial charge in [-0.05, 0) is 103 Å². The molecule has 4 fully saturated rings. The lowest BCUT2D eigenvalue weighted by Gasteiger charge is -2.55. The molecule has 3 unspecified atom stereocenters. The maximum atomic E-state index is 12.0. The minimum absolute atomic E-state index is 0.137. The van der Waals surface area contributed by atoms with Gasteiger partial charge in [0.1, 0.15) is 6.04 Å². The zero-order valence-electron chi connectivity index (χ0n) is 22.7. The molecule has 204 valence electrons. The molecule has 39 heavy (non-hydrogen) atoms. The van der Waals surface area contributed by atoms with Crippen LogP contribution < -0.4 is 0 Å². The predicted molar refractivity (Wildman–Crippen MR) is 148 cm³/mol. The summed E-state index contributed by atoms with van der Waals surface area (Å²) < 4.78 is 7.44. The Morgan fingerprint density at radius 2 is 2.05 bits per heavy atom. The summed E-state index contributed by atoms with van der Waals surface area (Å²) in [5, 5.41) is 22.6. The summed E-state index contributed by atoms with van der Waals surface area (Å²) in [4.78, 5) is 18.4. The van der Waals surface area contributed by atoms with Crippen LogP contribution in [0, 0.1) is 11.3 Å². The second kappa shape index (κ2) is 8.25. The highest BCUT2D eigenvalue weighted by Gasteiger charge is 2.67. The van der Waals surface area contributed by atoms with Crippen LogP contribution in [-0.4, -0.2) is 62.0 Å². The molecule has 4 heterocycles. The summed E-state index contributed by atoms with van der Waals surface area (Å²) in [5.41, 5.74) is 3.88. The molecule has 2 saturated carbocycles. The first-order valence-electron chi connectivity index (χ1n) is 14.9. The average Bonchev–Trinajstić information content (AvgIpc) is 3.59. The van der Waals surface area contributed by atoms with E-state index in [1.807, 2.05) is 12.4 Å². The number of nitrogens with zero attached hydrogens (tertiary/aromatic N) is 2. The number of hydrogen-bond acceptors (Lipinski definition) is 5. The summed E-state index contributed by atoms with van der Waals surface area (Å²) in [5.74, 6) is 0.149. The highest BCUT2D eigenvalue weighted by molar-refractivity contribution is 5.82. The number of aromatic nitrogens is 1. The maximum Gasteiger partial charge on any atom is 0.321 e. The van der Waals surface area contributed by atoms with Crippen LogP contribution in [0.4, 0.5) is 0 Å². The number of ether oxygens (including phenoxy) is 1. The number of rotatable bonds is 3. The van der Waals surface area contributed by atoms with Crippen molar-refractivity contribution in [1.29, 1.82) is 0 Å². The Morgan fingerprint density at radius 3 is 2.92 bits per heavy atom. The molecule has 0 radical (unpaired) electrons. The number of carbonyl (C=O) groups is 1. The molecule has 1 aromatic heterocycles. The van der Waals surface area contributed by atoms with Crippen LogP contribution in [0.25, 0.3) is 10.8 Å². The van der Waals surface area contributed by atoms with E-state index in [-0.39, 0.29) is 22.7 Å². The van der Waals surface area contributed by atoms with E-state index in [0.29, 0.717) is 24.8 Å². The highest BCUT2D eigenvalue weighted by atomic mass is 16.5. The fraction of sp³-hybridized carbons (Fsp3) is 0.576. The number of hydrogen-bond donors (Lipinski definition) is 2. The second-order valence-electron chi connectivity index (χ2n) is 13.5. The van der Waals surface area contributed by atoms with Crippen LogP contribution in [0.1, 0.15) is 76.2 Å². The molecule has 8 rings (SSSR count). The molecule has 2 aromatic rings. The smallest absolute Gasteiger partial charge is 0.321 e. The maximum absolute atomic E-state index is 12.0. The summed E-state index contributed by atoms with van der Waals surface area (Å²) in [6.07, 6.45) is 16.8. The van der Waals surface area contributed by atoms with Crippen molar-refractivity contribution in [3.8, 4) is 0 Å². The van der Waals surface area contributed by atoms with Gasteiger partial charge in [0.2, 0.25) is 0 Å². The highest BCUT2D eigenvalue weighted by Crippen LogP contribution is 2.69. The Hall–Kier alpha value is -2.54. The Morgan fingerprint density at radius 1 is 1.15 bits per heavy atom. The summed E-state index contributed by atoms with van der Waals surface area (Å²) in [6, 6.07) is 8.59. The van der Waals surface area contributed by atoms with Crippen molar-refractivity contribution in [2.75, 3.05) is 6.54 Å². The van der Waals surface area contributed by atoms with E-state index in [1.54, 1.807) is 0 Å². The van der Waals surface area contributed by atoms with Gasteiger partial charge in [0.15, 0.2) is 0 Å². The van der Waals surface area contributed by atoms with Crippen LogP contribution in [0.3, 0.4) is 0 Å². The van der Waals surface area contributed by atoms with Crippen LogP contribution >= 0.6 is 0 Å². The van der Waals surface area contributed by atoms with Crippen molar-refractivity contribution in [2.24, 2.45) is 11.3 Å². The van der Waals surface area contributed by atoms with E-state index in [9.17, 15) is 15.0 Å². The van der Waals surface area contributed by atoms with E-state index < -0.39 is 18.1 Å². The number of carboxylic acid groups (broad SMARTS) is 1. The molecule has 3 aliphatic heterocycles. The lowest BCUT2D eigenvalue weighted by atomic mass is 9.58. The third-order valence-corrected chi connectivity index (χ3v) is 11.8. The van der Waals surface area contributed by atoms with Crippen LogP contribution in [0.5, 0.6) is 0 Å². The number of carboxylic acids is 1. The number of β-amino-alcohol motifs (C(OH)–C–C–N with tert-alkyl or cyclic N) is 1. The van der Waals surface area contributed by atoms with Crippen molar-refractivity contribution in [3.63, 3.8) is 0 Å². The molecule has 8 atom stereocenters. The van der Waals surface area contributed by atoms with Crippen LogP contribution in [-0.2, 0) is 9.53 Å². The van der Waals surface area contributed by atoms with Gasteiger partial charge in [-0.1, -0.05) is 31.2 Å². The first-order chi connectivity index (χ1) is 18.8. The molecule has 2 N–H and O–H groups in total. The first-order valence-corrected chi connectivity index (χ1v) is 14.9. The molecule has 6 aliphatic rings. The lowest BCUT2D eigenvalue weighted by molar-refractivity contribution is -0.150. The fourth-order valence-corrected chi connectivity index (χ4v) is 10.0. The SMILES string of the molecule is CC12CC=C3C=C4CCC(N5CC(O)C[C@H]5C(=O)O)C[C@]45CC[C@]3(O5)[C@@H]1CC[C@@H]2c1ccc2ccncc2c1. The lowest BCUT2D eigenvalue weighted by Crippen LogP contribution is -2.56. The molecular formula is C33H38N2O4. The third-order valence-electron chi connectivity index (χ3n) is 11.8. The molecule has 6 nitrogen and oxygen atoms in total. The van der Waals surface area contributed by atoms with Gasteiger partial charge in [-0.2, -0.15) is 0 Å². The molecule has 6 heteroatoms. The van der Waals surface area contributed by atoms with Gasteiger partial charge in [0.05, 0.1) is 17.3 Å². The van der Waals surface area contributed by atoms with E-state index in [0.717, 1.165) is 38.5 Å².